The van der Waals surface area contributed by atoms with Gasteiger partial charge in [0.05, 0.1) is 33.9 Å². The second kappa shape index (κ2) is 19.1. The van der Waals surface area contributed by atoms with Crippen LogP contribution in [0.4, 0.5) is 9.59 Å². The molecule has 1 fully saturated rings. The number of phosphoric acid groups is 3. The van der Waals surface area contributed by atoms with Crippen LogP contribution in [0.15, 0.2) is 6.20 Å². The van der Waals surface area contributed by atoms with Crippen molar-refractivity contribution in [1.82, 2.24) is 19.7 Å². The number of nitrogens with two attached hydrogens (primary N) is 2. The molecule has 40 heavy (non-hydrogen) atoms. The molecule has 31 heteroatoms. The minimum Gasteiger partial charge on any atom is -0.790 e. The Morgan fingerprint density at radius 1 is 1.05 bits per heavy atom. The first kappa shape index (κ1) is 50.1. The van der Waals surface area contributed by atoms with Gasteiger partial charge in [-0.2, -0.15) is 23.3 Å². The number of amides is 3. The van der Waals surface area contributed by atoms with Crippen molar-refractivity contribution in [2.45, 2.75) is 12.1 Å². The van der Waals surface area contributed by atoms with E-state index in [1.807, 2.05) is 0 Å². The number of hydrogen-bond acceptors (Lipinski definition) is 17. The van der Waals surface area contributed by atoms with Crippen LogP contribution in [-0.2, 0) is 37.0 Å². The zero-order valence-corrected chi connectivity index (χ0v) is 34.9. The van der Waals surface area contributed by atoms with Crippen LogP contribution in [0.5, 0.6) is 0 Å². The van der Waals surface area contributed by atoms with Crippen molar-refractivity contribution in [2.24, 2.45) is 11.5 Å². The first-order valence-electron chi connectivity index (χ1n) is 8.28. The molecule has 1 aromatic rings. The molecule has 2 aliphatic heterocycles. The molecule has 0 aliphatic carbocycles. The molecule has 2 atom stereocenters. The molecule has 22 nitrogen and oxygen atoms in total. The Morgan fingerprint density at radius 3 is 1.85 bits per heavy atom. The molecule has 3 heterocycles. The Balaban J connectivity index is -0.000000320. The zero-order chi connectivity index (χ0) is 27.1. The van der Waals surface area contributed by atoms with E-state index in [1.54, 1.807) is 0 Å². The van der Waals surface area contributed by atoms with Gasteiger partial charge in [0.25, 0.3) is 7.82 Å². The van der Waals surface area contributed by atoms with Crippen LogP contribution in [-0.4, -0.2) is 57.9 Å². The van der Waals surface area contributed by atoms with Crippen LogP contribution in [0.2, 0.25) is 0 Å². The van der Waals surface area contributed by atoms with Gasteiger partial charge in [-0.3, -0.25) is 17.7 Å². The normalized spacial score (nSPS) is 17.8. The van der Waals surface area contributed by atoms with Gasteiger partial charge < -0.3 is 50.0 Å². The Labute approximate surface area is 336 Å². The van der Waals surface area contributed by atoms with Gasteiger partial charge in [-0.05, 0) is 0 Å². The summed E-state index contributed by atoms with van der Waals surface area (Å²) < 4.78 is 70.5. The number of carbonyl (C=O) groups excluding carboxylic acids is 2. The third-order valence-electron chi connectivity index (χ3n) is 3.93. The van der Waals surface area contributed by atoms with E-state index in [1.165, 1.54) is 11.1 Å². The largest absolute Gasteiger partial charge is 1.00 e. The summed E-state index contributed by atoms with van der Waals surface area (Å²) in [5.41, 5.74) is 11.5. The van der Waals surface area contributed by atoms with E-state index in [0.717, 1.165) is 4.68 Å². The van der Waals surface area contributed by atoms with Crippen LogP contribution in [0.1, 0.15) is 23.3 Å². The molecule has 2 aliphatic rings. The Morgan fingerprint density at radius 2 is 1.50 bits per heavy atom. The number of fused-ring (bicyclic) bond motifs is 4. The molecule has 3 rings (SSSR count). The van der Waals surface area contributed by atoms with Crippen molar-refractivity contribution in [2.75, 3.05) is 13.1 Å². The molecule has 0 spiro atoms. The van der Waals surface area contributed by atoms with Crippen LogP contribution in [0.3, 0.4) is 0 Å². The standard InChI is InChI=1S/C9H12N6O6S.5Na.H5O10P3/c10-1-5-7-4(2-14(12-7)8(11)16)6-3-13(5)9(17)15(6)21-22(18,19)20;;;;;;1-11(2,3)9-13(7,8)10-12(4,5)6/h2,5-6H,1,3,10H2,(H2,11,16)(H,18,19,20);;;;;;(H,7,8)(H2,1,2,3)(H2,4,5,6)/q;5*+1;/p-5/t5-,6-;;;;;;/m1....../s1. The fraction of sp³-hybridized carbons (Fsp3) is 0.444. The monoisotopic (exact) mass is 700 g/mol. The van der Waals surface area contributed by atoms with E-state index >= 15 is 0 Å². The molecule has 1 saturated heterocycles. The number of hydrogen-bond donors (Lipinski definition) is 3. The maximum Gasteiger partial charge on any atom is 1.00 e. The summed E-state index contributed by atoms with van der Waals surface area (Å²) in [4.78, 5) is 73.3. The van der Waals surface area contributed by atoms with Crippen LogP contribution in [0, 0.1) is 0 Å². The molecule has 0 saturated carbocycles. The molecular formula is C9H12N6Na5O16P3S. The van der Waals surface area contributed by atoms with E-state index in [9.17, 15) is 56.2 Å². The van der Waals surface area contributed by atoms with Crippen molar-refractivity contribution < 1.29 is 221 Å². The molecule has 3 amide bonds. The average Bonchev–Trinajstić information content (AvgIpc) is 3.15. The van der Waals surface area contributed by atoms with Crippen LogP contribution < -0.4 is 184 Å². The third kappa shape index (κ3) is 15.2. The van der Waals surface area contributed by atoms with Gasteiger partial charge in [0.2, 0.25) is 0 Å². The van der Waals surface area contributed by atoms with E-state index in [0.29, 0.717) is 16.3 Å². The summed E-state index contributed by atoms with van der Waals surface area (Å²) in [5.74, 6) is 0. The number of hydroxylamine groups is 2. The number of nitrogens with zero attached hydrogens (tertiary/aromatic N) is 4. The minimum atomic E-state index is -5.97. The van der Waals surface area contributed by atoms with Crippen molar-refractivity contribution >= 4 is 45.9 Å². The van der Waals surface area contributed by atoms with Gasteiger partial charge in [-0.25, -0.2) is 9.59 Å². The summed E-state index contributed by atoms with van der Waals surface area (Å²) in [5, 5.41) is 4.49. The molecule has 0 unspecified atom stereocenters. The van der Waals surface area contributed by atoms with Gasteiger partial charge >= 0.3 is 170 Å². The second-order valence-corrected chi connectivity index (χ2v) is 11.3. The van der Waals surface area contributed by atoms with Gasteiger partial charge in [-0.15, -0.1) is 4.28 Å². The van der Waals surface area contributed by atoms with Crippen molar-refractivity contribution in [3.05, 3.63) is 17.5 Å². The fourth-order valence-electron chi connectivity index (χ4n) is 2.94. The second-order valence-electron chi connectivity index (χ2n) is 6.29. The number of primary amides is 1. The molecular weight excluding hydrogens is 688 g/mol. The third-order valence-corrected chi connectivity index (χ3v) is 7.48. The quantitative estimate of drug-likeness (QED) is 0.135. The predicted molar refractivity (Wildman–Crippen MR) is 93.3 cm³/mol. The summed E-state index contributed by atoms with van der Waals surface area (Å²) in [6.07, 6.45) is 1.28. The van der Waals surface area contributed by atoms with Crippen molar-refractivity contribution in [1.29, 1.82) is 0 Å². The summed E-state index contributed by atoms with van der Waals surface area (Å²) >= 11 is 0. The first-order valence-corrected chi connectivity index (χ1v) is 14.0. The molecule has 1 aromatic heterocycles. The summed E-state index contributed by atoms with van der Waals surface area (Å²) in [6, 6.07) is -3.14. The molecule has 5 N–H and O–H groups in total. The Bertz CT molecular complexity index is 1250. The van der Waals surface area contributed by atoms with E-state index in [-0.39, 0.29) is 161 Å². The molecule has 0 aromatic carbocycles. The minimum absolute atomic E-state index is 0. The maximum absolute atomic E-state index is 12.2. The van der Waals surface area contributed by atoms with Crippen molar-refractivity contribution in [3.63, 3.8) is 0 Å². The number of rotatable bonds is 7. The van der Waals surface area contributed by atoms with E-state index in [4.69, 9.17) is 16.0 Å². The van der Waals surface area contributed by atoms with Gasteiger partial charge in [0.1, 0.15) is 6.04 Å². The topological polar surface area (TPSA) is 359 Å². The zero-order valence-electron chi connectivity index (χ0n) is 21.4. The van der Waals surface area contributed by atoms with Gasteiger partial charge in [0, 0.05) is 18.3 Å². The van der Waals surface area contributed by atoms with E-state index in [2.05, 4.69) is 18.0 Å². The Hall–Kier alpha value is 3.19. The summed E-state index contributed by atoms with van der Waals surface area (Å²) in [7, 11) is -22.8. The Kier molecular flexibility index (Phi) is 23.9. The average molecular weight is 700 g/mol. The number of aromatic nitrogens is 2. The number of carbonyl (C=O) groups is 2. The summed E-state index contributed by atoms with van der Waals surface area (Å²) in [6.45, 7) is 0.0780. The van der Waals surface area contributed by atoms with Crippen molar-refractivity contribution in [3.8, 4) is 0 Å². The van der Waals surface area contributed by atoms with Crippen LogP contribution >= 0.6 is 23.5 Å². The smallest absolute Gasteiger partial charge is 0.790 e. The van der Waals surface area contributed by atoms with Crippen LogP contribution in [0.25, 0.3) is 0 Å². The molecule has 0 radical (unpaired) electrons. The maximum atomic E-state index is 12.2. The molecule has 2 bridgehead atoms. The SMILES string of the molecule is NC[C@@H]1c2nn(C(N)=O)cc2[C@H]2CN1C(=O)N2OS(=O)(=O)O.O=P([O-])([O-])OP(=O)([O-])OP(=O)([O-])[O-].[Na+].[Na+].[Na+].[Na+].[Na+]. The first-order chi connectivity index (χ1) is 15.6. The number of urea groups is 1. The van der Waals surface area contributed by atoms with Gasteiger partial charge in [-0.1, -0.05) is 0 Å². The fourth-order valence-corrected chi connectivity index (χ4v) is 5.66. The molecule has 200 valence electrons. The predicted octanol–water partition coefficient (Wildman–Crippen LogP) is -20.5. The van der Waals surface area contributed by atoms with E-state index < -0.39 is 58.0 Å². The van der Waals surface area contributed by atoms with Gasteiger partial charge in [0.15, 0.2) is 0 Å².